The van der Waals surface area contributed by atoms with Crippen molar-refractivity contribution in [3.05, 3.63) is 28.0 Å². The monoisotopic (exact) mass is 308 g/mol. The summed E-state index contributed by atoms with van der Waals surface area (Å²) in [4.78, 5) is 14.8. The molecule has 0 fully saturated rings. The lowest BCUT2D eigenvalue weighted by atomic mass is 10.1. The lowest BCUT2D eigenvalue weighted by molar-refractivity contribution is -0.139. The van der Waals surface area contributed by atoms with Crippen LogP contribution in [0.15, 0.2) is 12.3 Å². The summed E-state index contributed by atoms with van der Waals surface area (Å²) in [5, 5.41) is 9.76. The molecule has 0 amide bonds. The maximum absolute atomic E-state index is 10.9. The molecule has 0 saturated carbocycles. The molecule has 1 rings (SSSR count). The fourth-order valence-corrected chi connectivity index (χ4v) is 2.74. The highest BCUT2D eigenvalue weighted by Crippen LogP contribution is 2.32. The molecular weight excluding hydrogens is 295 g/mol. The molecule has 3 N–H and O–H groups in total. The third-order valence-corrected chi connectivity index (χ3v) is 4.52. The summed E-state index contributed by atoms with van der Waals surface area (Å²) in [7, 11) is 0. The van der Waals surface area contributed by atoms with Gasteiger partial charge in [0.2, 0.25) is 0 Å². The number of thioether (sulfide) groups is 1. The van der Waals surface area contributed by atoms with E-state index in [-0.39, 0.29) is 0 Å². The zero-order valence-electron chi connectivity index (χ0n) is 9.98. The van der Waals surface area contributed by atoms with Crippen molar-refractivity contribution < 1.29 is 9.90 Å². The van der Waals surface area contributed by atoms with Crippen molar-refractivity contribution in [2.24, 2.45) is 5.73 Å². The number of nitrogens with two attached hydrogens (primary N) is 1. The number of carboxylic acid groups (broad SMARTS) is 1. The predicted octanol–water partition coefficient (Wildman–Crippen LogP) is 2.81. The summed E-state index contributed by atoms with van der Waals surface area (Å²) in [6.45, 7) is 3.57. The maximum atomic E-state index is 10.9. The minimum Gasteiger partial charge on any atom is -0.480 e. The Bertz CT molecular complexity index is 455. The SMILES string of the molecule is CC(C)(SCc1cnc(Cl)cc1Cl)[C@@H](N)C(=O)O. The van der Waals surface area contributed by atoms with E-state index < -0.39 is 16.8 Å². The number of aliphatic carboxylic acids is 1. The third kappa shape index (κ3) is 4.02. The summed E-state index contributed by atoms with van der Waals surface area (Å²) >= 11 is 13.1. The molecule has 7 heteroatoms. The zero-order chi connectivity index (χ0) is 13.9. The Morgan fingerprint density at radius 1 is 1.61 bits per heavy atom. The smallest absolute Gasteiger partial charge is 0.321 e. The Balaban J connectivity index is 2.72. The second kappa shape index (κ2) is 6.10. The van der Waals surface area contributed by atoms with Crippen LogP contribution in [0.2, 0.25) is 10.2 Å². The molecule has 0 saturated heterocycles. The summed E-state index contributed by atoms with van der Waals surface area (Å²) < 4.78 is -0.602. The van der Waals surface area contributed by atoms with E-state index in [9.17, 15) is 4.79 Å². The first-order valence-corrected chi connectivity index (χ1v) is 6.90. The van der Waals surface area contributed by atoms with Gasteiger partial charge in [0.1, 0.15) is 11.2 Å². The van der Waals surface area contributed by atoms with Gasteiger partial charge in [-0.2, -0.15) is 0 Å². The van der Waals surface area contributed by atoms with Gasteiger partial charge in [-0.25, -0.2) is 4.98 Å². The van der Waals surface area contributed by atoms with E-state index in [0.29, 0.717) is 15.9 Å². The normalized spacial score (nSPS) is 13.4. The average molecular weight is 309 g/mol. The summed E-state index contributed by atoms with van der Waals surface area (Å²) in [6, 6.07) is 0.616. The van der Waals surface area contributed by atoms with Crippen LogP contribution in [0.5, 0.6) is 0 Å². The van der Waals surface area contributed by atoms with Gasteiger partial charge in [0.05, 0.1) is 0 Å². The summed E-state index contributed by atoms with van der Waals surface area (Å²) in [5.74, 6) is -0.496. The summed E-state index contributed by atoms with van der Waals surface area (Å²) in [6.07, 6.45) is 1.58. The quantitative estimate of drug-likeness (QED) is 0.818. The van der Waals surface area contributed by atoms with Gasteiger partial charge in [0.15, 0.2) is 0 Å². The molecule has 1 atom stereocenters. The zero-order valence-corrected chi connectivity index (χ0v) is 12.3. The molecule has 0 aliphatic carbocycles. The molecule has 0 unspecified atom stereocenters. The van der Waals surface area contributed by atoms with Crippen molar-refractivity contribution in [1.82, 2.24) is 4.98 Å². The number of hydrogen-bond acceptors (Lipinski definition) is 4. The molecule has 1 heterocycles. The van der Waals surface area contributed by atoms with Crippen molar-refractivity contribution in [1.29, 1.82) is 0 Å². The molecule has 0 aliphatic rings. The van der Waals surface area contributed by atoms with Crippen molar-refractivity contribution in [3.63, 3.8) is 0 Å². The minimum absolute atomic E-state index is 0.329. The first-order valence-electron chi connectivity index (χ1n) is 5.16. The first kappa shape index (κ1) is 15.6. The second-order valence-electron chi connectivity index (χ2n) is 4.31. The molecule has 0 radical (unpaired) electrons. The molecule has 100 valence electrons. The van der Waals surface area contributed by atoms with Gasteiger partial charge < -0.3 is 10.8 Å². The number of halogens is 2. The van der Waals surface area contributed by atoms with E-state index >= 15 is 0 Å². The van der Waals surface area contributed by atoms with Gasteiger partial charge in [-0.05, 0) is 25.5 Å². The number of nitrogens with zero attached hydrogens (tertiary/aromatic N) is 1. The van der Waals surface area contributed by atoms with Crippen LogP contribution in [-0.4, -0.2) is 26.8 Å². The molecule has 0 aliphatic heterocycles. The van der Waals surface area contributed by atoms with Gasteiger partial charge in [0.25, 0.3) is 0 Å². The summed E-state index contributed by atoms with van der Waals surface area (Å²) in [5.41, 5.74) is 6.43. The highest BCUT2D eigenvalue weighted by Gasteiger charge is 2.32. The number of carboxylic acids is 1. The van der Waals surface area contributed by atoms with Crippen LogP contribution >= 0.6 is 35.0 Å². The molecule has 1 aromatic heterocycles. The van der Waals surface area contributed by atoms with Gasteiger partial charge in [-0.1, -0.05) is 23.2 Å². The Morgan fingerprint density at radius 2 is 2.22 bits per heavy atom. The average Bonchev–Trinajstić information content (AvgIpc) is 2.26. The molecule has 0 bridgehead atoms. The van der Waals surface area contributed by atoms with Crippen molar-refractivity contribution in [3.8, 4) is 0 Å². The van der Waals surface area contributed by atoms with E-state index in [1.165, 1.54) is 11.8 Å². The largest absolute Gasteiger partial charge is 0.480 e. The maximum Gasteiger partial charge on any atom is 0.321 e. The van der Waals surface area contributed by atoms with Gasteiger partial charge >= 0.3 is 5.97 Å². The Hall–Kier alpha value is -0.490. The van der Waals surface area contributed by atoms with E-state index in [0.717, 1.165) is 5.56 Å². The van der Waals surface area contributed by atoms with Gasteiger partial charge in [-0.15, -0.1) is 11.8 Å². The minimum atomic E-state index is -1.02. The highest BCUT2D eigenvalue weighted by molar-refractivity contribution is 7.99. The van der Waals surface area contributed by atoms with E-state index in [1.807, 2.05) is 0 Å². The fourth-order valence-electron chi connectivity index (χ4n) is 1.19. The third-order valence-electron chi connectivity index (χ3n) is 2.51. The number of aromatic nitrogens is 1. The van der Waals surface area contributed by atoms with Crippen molar-refractivity contribution >= 4 is 40.9 Å². The fraction of sp³-hybridized carbons (Fsp3) is 0.455. The molecule has 4 nitrogen and oxygen atoms in total. The molecule has 0 spiro atoms. The van der Waals surface area contributed by atoms with Crippen LogP contribution in [0, 0.1) is 0 Å². The molecular formula is C11H14Cl2N2O2S. The highest BCUT2D eigenvalue weighted by atomic mass is 35.5. The molecule has 0 aromatic carbocycles. The lowest BCUT2D eigenvalue weighted by Crippen LogP contribution is -2.46. The number of pyridine rings is 1. The van der Waals surface area contributed by atoms with Crippen LogP contribution in [0.1, 0.15) is 19.4 Å². The van der Waals surface area contributed by atoms with Crippen molar-refractivity contribution in [2.45, 2.75) is 30.4 Å². The number of hydrogen-bond donors (Lipinski definition) is 2. The Labute approximate surface area is 120 Å². The van der Waals surface area contributed by atoms with Gasteiger partial charge in [-0.3, -0.25) is 4.79 Å². The number of rotatable bonds is 5. The topological polar surface area (TPSA) is 76.2 Å². The predicted molar refractivity (Wildman–Crippen MR) is 75.2 cm³/mol. The van der Waals surface area contributed by atoms with Crippen LogP contribution in [0.25, 0.3) is 0 Å². The van der Waals surface area contributed by atoms with Crippen LogP contribution in [0.3, 0.4) is 0 Å². The Kier molecular flexibility index (Phi) is 5.28. The van der Waals surface area contributed by atoms with E-state index in [2.05, 4.69) is 4.98 Å². The van der Waals surface area contributed by atoms with Crippen molar-refractivity contribution in [2.75, 3.05) is 0 Å². The van der Waals surface area contributed by atoms with Crippen LogP contribution < -0.4 is 5.73 Å². The lowest BCUT2D eigenvalue weighted by Gasteiger charge is -2.28. The Morgan fingerprint density at radius 3 is 2.72 bits per heavy atom. The standard InChI is InChI=1S/C11H14Cl2N2O2S/c1-11(2,9(14)10(16)17)18-5-6-4-15-8(13)3-7(6)12/h3-4,9H,5,14H2,1-2H3,(H,16,17)/t9-/m0/s1. The van der Waals surface area contributed by atoms with Crippen LogP contribution in [0.4, 0.5) is 0 Å². The van der Waals surface area contributed by atoms with Gasteiger partial charge in [0, 0.05) is 21.7 Å². The second-order valence-corrected chi connectivity index (χ2v) is 6.73. The first-order chi connectivity index (χ1) is 8.24. The van der Waals surface area contributed by atoms with E-state index in [4.69, 9.17) is 34.0 Å². The number of carbonyl (C=O) groups is 1. The molecule has 1 aromatic rings. The van der Waals surface area contributed by atoms with E-state index in [1.54, 1.807) is 26.1 Å². The van der Waals surface area contributed by atoms with Crippen LogP contribution in [-0.2, 0) is 10.5 Å². The molecule has 18 heavy (non-hydrogen) atoms.